The smallest absolute Gasteiger partial charge is 0.328 e. The van der Waals surface area contributed by atoms with E-state index in [4.69, 9.17) is 11.5 Å². The Morgan fingerprint density at radius 1 is 0.462 bits per heavy atom. The second-order valence-electron chi connectivity index (χ2n) is 15.5. The van der Waals surface area contributed by atoms with Crippen molar-refractivity contribution in [2.24, 2.45) is 16.5 Å². The number of aliphatic imine (C=N–C) groups is 1. The number of rotatable bonds is 43. The molecule has 0 spiro atoms. The van der Waals surface area contributed by atoms with E-state index in [-0.39, 0.29) is 18.8 Å². The van der Waals surface area contributed by atoms with Crippen LogP contribution in [0.5, 0.6) is 0 Å². The van der Waals surface area contributed by atoms with E-state index < -0.39 is 24.0 Å². The molecule has 0 heterocycles. The number of nitrogens with two attached hydrogens (primary N) is 2. The standard InChI is InChI=1S/C43H87N5O4/c1-2-3-4-5-6-7-8-9-10-13-16-19-22-25-28-31-36-46-37-32-29-26-23-20-17-14-11-12-15-18-21-24-27-30-33-38-47-39(41(49)50)34-35-40(42(51)52)48-43(44)45/h39-40,46-47H,2-38H2,1H3,(H,49,50)(H,51,52)(H4,44,45,48)/t39-,40?/m0/s1. The van der Waals surface area contributed by atoms with Crippen molar-refractivity contribution in [3.05, 3.63) is 0 Å². The monoisotopic (exact) mass is 738 g/mol. The normalized spacial score (nSPS) is 12.6. The van der Waals surface area contributed by atoms with Gasteiger partial charge in [0.1, 0.15) is 6.04 Å². The lowest BCUT2D eigenvalue weighted by Crippen LogP contribution is -2.38. The summed E-state index contributed by atoms with van der Waals surface area (Å²) in [5, 5.41) is 25.3. The van der Waals surface area contributed by atoms with E-state index >= 15 is 0 Å². The molecule has 9 heteroatoms. The highest BCUT2D eigenvalue weighted by Gasteiger charge is 2.22. The second-order valence-corrected chi connectivity index (χ2v) is 15.5. The van der Waals surface area contributed by atoms with Crippen LogP contribution in [0.3, 0.4) is 0 Å². The maximum absolute atomic E-state index is 11.5. The lowest BCUT2D eigenvalue weighted by Gasteiger charge is -2.16. The lowest BCUT2D eigenvalue weighted by molar-refractivity contribution is -0.141. The van der Waals surface area contributed by atoms with Gasteiger partial charge in [-0.1, -0.05) is 193 Å². The third-order valence-corrected chi connectivity index (χ3v) is 10.5. The van der Waals surface area contributed by atoms with Crippen LogP contribution in [0.15, 0.2) is 4.99 Å². The van der Waals surface area contributed by atoms with Crippen LogP contribution in [0.4, 0.5) is 0 Å². The molecule has 0 aliphatic heterocycles. The first-order valence-electron chi connectivity index (χ1n) is 22.4. The van der Waals surface area contributed by atoms with E-state index in [9.17, 15) is 19.8 Å². The fraction of sp³-hybridized carbons (Fsp3) is 0.930. The number of carbonyl (C=O) groups is 2. The van der Waals surface area contributed by atoms with Crippen LogP contribution in [0.25, 0.3) is 0 Å². The van der Waals surface area contributed by atoms with Gasteiger partial charge in [0, 0.05) is 0 Å². The van der Waals surface area contributed by atoms with Crippen molar-refractivity contribution in [3.8, 4) is 0 Å². The first kappa shape index (κ1) is 50.1. The number of carboxylic acids is 2. The fourth-order valence-corrected chi connectivity index (χ4v) is 7.11. The molecule has 0 aliphatic rings. The SMILES string of the molecule is CCCCCCCCCCCCCCCCCCNCCCCCCCCCCCCCCCCCCN[C@@H](CCC(N=C(N)N)C(=O)O)C(=O)O. The predicted octanol–water partition coefficient (Wildman–Crippen LogP) is 10.6. The molecule has 0 aromatic carbocycles. The highest BCUT2D eigenvalue weighted by molar-refractivity contribution is 5.81. The molecule has 0 radical (unpaired) electrons. The van der Waals surface area contributed by atoms with Gasteiger partial charge in [-0.15, -0.1) is 0 Å². The molecule has 308 valence electrons. The third kappa shape index (κ3) is 37.9. The zero-order chi connectivity index (χ0) is 38.2. The average Bonchev–Trinajstić information content (AvgIpc) is 3.11. The minimum atomic E-state index is -1.16. The zero-order valence-electron chi connectivity index (χ0n) is 34.1. The summed E-state index contributed by atoms with van der Waals surface area (Å²) < 4.78 is 0. The van der Waals surface area contributed by atoms with Gasteiger partial charge < -0.3 is 32.3 Å². The number of hydrogen-bond donors (Lipinski definition) is 6. The minimum Gasteiger partial charge on any atom is -0.480 e. The Hall–Kier alpha value is -1.87. The Morgan fingerprint density at radius 2 is 0.769 bits per heavy atom. The Bertz CT molecular complexity index is 808. The van der Waals surface area contributed by atoms with Crippen molar-refractivity contribution in [1.29, 1.82) is 0 Å². The van der Waals surface area contributed by atoms with E-state index in [2.05, 4.69) is 22.5 Å². The van der Waals surface area contributed by atoms with E-state index in [1.165, 1.54) is 206 Å². The zero-order valence-corrected chi connectivity index (χ0v) is 34.1. The first-order chi connectivity index (χ1) is 25.4. The van der Waals surface area contributed by atoms with Gasteiger partial charge in [0.05, 0.1) is 0 Å². The molecule has 0 saturated carbocycles. The minimum absolute atomic E-state index is 0.0645. The maximum Gasteiger partial charge on any atom is 0.328 e. The number of nitrogens with one attached hydrogen (secondary N) is 2. The van der Waals surface area contributed by atoms with Crippen molar-refractivity contribution in [1.82, 2.24) is 10.6 Å². The molecule has 0 aromatic heterocycles. The molecule has 0 fully saturated rings. The Morgan fingerprint density at radius 3 is 1.06 bits per heavy atom. The molecule has 52 heavy (non-hydrogen) atoms. The Balaban J connectivity index is 3.30. The van der Waals surface area contributed by atoms with Gasteiger partial charge in [-0.05, 0) is 51.7 Å². The molecule has 9 nitrogen and oxygen atoms in total. The van der Waals surface area contributed by atoms with Gasteiger partial charge in [0.15, 0.2) is 12.0 Å². The van der Waals surface area contributed by atoms with Crippen LogP contribution >= 0.6 is 0 Å². The number of hydrogen-bond acceptors (Lipinski definition) is 5. The maximum atomic E-state index is 11.5. The van der Waals surface area contributed by atoms with Crippen LogP contribution in [0.2, 0.25) is 0 Å². The summed E-state index contributed by atoms with van der Waals surface area (Å²) in [4.78, 5) is 26.4. The predicted molar refractivity (Wildman–Crippen MR) is 222 cm³/mol. The van der Waals surface area contributed by atoms with Gasteiger partial charge in [-0.25, -0.2) is 9.79 Å². The van der Waals surface area contributed by atoms with Crippen LogP contribution < -0.4 is 22.1 Å². The van der Waals surface area contributed by atoms with Gasteiger partial charge in [0.2, 0.25) is 0 Å². The van der Waals surface area contributed by atoms with E-state index in [1.54, 1.807) is 0 Å². The summed E-state index contributed by atoms with van der Waals surface area (Å²) in [5.74, 6) is -2.45. The average molecular weight is 738 g/mol. The van der Waals surface area contributed by atoms with Crippen molar-refractivity contribution in [2.45, 2.75) is 237 Å². The number of nitrogens with zero attached hydrogens (tertiary/aromatic N) is 1. The highest BCUT2D eigenvalue weighted by atomic mass is 16.4. The second kappa shape index (κ2) is 40.3. The molecular formula is C43H87N5O4. The molecule has 0 amide bonds. The molecule has 0 aliphatic carbocycles. The summed E-state index contributed by atoms with van der Waals surface area (Å²) in [7, 11) is 0. The van der Waals surface area contributed by atoms with Crippen molar-refractivity contribution < 1.29 is 19.8 Å². The molecule has 8 N–H and O–H groups in total. The molecule has 0 saturated heterocycles. The Labute approximate surface area is 321 Å². The number of guanidine groups is 1. The molecule has 2 atom stereocenters. The van der Waals surface area contributed by atoms with Crippen LogP contribution in [-0.4, -0.2) is 59.8 Å². The summed E-state index contributed by atoms with van der Waals surface area (Å²) >= 11 is 0. The van der Waals surface area contributed by atoms with Crippen LogP contribution in [-0.2, 0) is 9.59 Å². The van der Waals surface area contributed by atoms with E-state index in [0.717, 1.165) is 12.8 Å². The van der Waals surface area contributed by atoms with Gasteiger partial charge in [0.25, 0.3) is 0 Å². The number of carboxylic acid groups (broad SMARTS) is 2. The van der Waals surface area contributed by atoms with Crippen molar-refractivity contribution in [2.75, 3.05) is 19.6 Å². The third-order valence-electron chi connectivity index (χ3n) is 10.5. The molecule has 0 aromatic rings. The lowest BCUT2D eigenvalue weighted by atomic mass is 10.0. The van der Waals surface area contributed by atoms with Gasteiger partial charge in [-0.3, -0.25) is 4.79 Å². The summed E-state index contributed by atoms with van der Waals surface area (Å²) in [6.45, 7) is 5.31. The fourth-order valence-electron chi connectivity index (χ4n) is 7.11. The highest BCUT2D eigenvalue weighted by Crippen LogP contribution is 2.15. The molecular weight excluding hydrogens is 651 g/mol. The van der Waals surface area contributed by atoms with Crippen molar-refractivity contribution in [3.63, 3.8) is 0 Å². The van der Waals surface area contributed by atoms with Gasteiger partial charge in [-0.2, -0.15) is 0 Å². The van der Waals surface area contributed by atoms with Crippen LogP contribution in [0.1, 0.15) is 225 Å². The van der Waals surface area contributed by atoms with E-state index in [0.29, 0.717) is 6.54 Å². The Kier molecular flexibility index (Phi) is 38.9. The van der Waals surface area contributed by atoms with E-state index in [1.807, 2.05) is 0 Å². The quantitative estimate of drug-likeness (QED) is 0.0205. The largest absolute Gasteiger partial charge is 0.480 e. The summed E-state index contributed by atoms with van der Waals surface area (Å²) in [6.07, 6.45) is 43.9. The van der Waals surface area contributed by atoms with Crippen molar-refractivity contribution >= 4 is 17.9 Å². The van der Waals surface area contributed by atoms with Crippen LogP contribution in [0, 0.1) is 0 Å². The molecule has 0 rings (SSSR count). The molecule has 1 unspecified atom stereocenters. The number of aliphatic carboxylic acids is 2. The molecule has 0 bridgehead atoms. The topological polar surface area (TPSA) is 163 Å². The summed E-state index contributed by atoms with van der Waals surface area (Å²) in [5.41, 5.74) is 10.5. The van der Waals surface area contributed by atoms with Gasteiger partial charge >= 0.3 is 11.9 Å². The number of unbranched alkanes of at least 4 members (excludes halogenated alkanes) is 30. The first-order valence-corrected chi connectivity index (χ1v) is 22.4. The summed E-state index contributed by atoms with van der Waals surface area (Å²) in [6, 6.07) is -1.92.